The Balaban J connectivity index is 2.18. The monoisotopic (exact) mass is 197 g/mol. The Labute approximate surface area is 88.6 Å². The Morgan fingerprint density at radius 1 is 1.20 bits per heavy atom. The van der Waals surface area contributed by atoms with Crippen LogP contribution < -0.4 is 0 Å². The molecule has 0 unspecified atom stereocenters. The number of nitriles is 1. The summed E-state index contributed by atoms with van der Waals surface area (Å²) in [7, 11) is 0. The van der Waals surface area contributed by atoms with Crippen LogP contribution in [0.4, 0.5) is 0 Å². The fraction of sp³-hybridized carbons (Fsp3) is 0.167. The number of nitrogens with zero attached hydrogens (tertiary/aromatic N) is 3. The summed E-state index contributed by atoms with van der Waals surface area (Å²) < 4.78 is 1.80. The Kier molecular flexibility index (Phi) is 2.80. The lowest BCUT2D eigenvalue weighted by atomic mass is 10.2. The van der Waals surface area contributed by atoms with Crippen LogP contribution in [0.2, 0.25) is 0 Å². The van der Waals surface area contributed by atoms with Gasteiger partial charge in [-0.3, -0.25) is 4.68 Å². The number of hydrogen-bond acceptors (Lipinski definition) is 2. The van der Waals surface area contributed by atoms with E-state index in [9.17, 15) is 0 Å². The summed E-state index contributed by atoms with van der Waals surface area (Å²) in [6, 6.07) is 14.1. The maximum absolute atomic E-state index is 8.46. The summed E-state index contributed by atoms with van der Waals surface area (Å²) in [6.07, 6.45) is 2.40. The molecule has 1 heterocycles. The van der Waals surface area contributed by atoms with Gasteiger partial charge in [0.05, 0.1) is 24.7 Å². The molecule has 0 atom stereocenters. The van der Waals surface area contributed by atoms with Gasteiger partial charge in [0.1, 0.15) is 0 Å². The summed E-state index contributed by atoms with van der Waals surface area (Å²) >= 11 is 0. The van der Waals surface area contributed by atoms with Crippen LogP contribution in [0.3, 0.4) is 0 Å². The molecular formula is C12H11N3. The Morgan fingerprint density at radius 2 is 2.00 bits per heavy atom. The summed E-state index contributed by atoms with van der Waals surface area (Å²) in [6.45, 7) is 0.656. The van der Waals surface area contributed by atoms with Crippen molar-refractivity contribution in [3.63, 3.8) is 0 Å². The van der Waals surface area contributed by atoms with Gasteiger partial charge in [-0.15, -0.1) is 0 Å². The standard InChI is InChI=1S/C12H11N3/c13-8-4-9-15-10-7-12(14-15)11-5-2-1-3-6-11/h1-3,5-7,10H,4,9H2. The van der Waals surface area contributed by atoms with Gasteiger partial charge in [0, 0.05) is 11.8 Å². The molecule has 0 saturated heterocycles. The third-order valence-electron chi connectivity index (χ3n) is 2.16. The molecule has 0 saturated carbocycles. The second kappa shape index (κ2) is 4.43. The molecule has 0 aliphatic heterocycles. The molecule has 2 rings (SSSR count). The molecule has 0 radical (unpaired) electrons. The molecule has 0 aliphatic carbocycles. The fourth-order valence-electron chi connectivity index (χ4n) is 1.41. The number of aromatic nitrogens is 2. The number of hydrogen-bond donors (Lipinski definition) is 0. The van der Waals surface area contributed by atoms with Gasteiger partial charge >= 0.3 is 0 Å². The minimum atomic E-state index is 0.496. The Bertz CT molecular complexity index is 465. The average Bonchev–Trinajstić information content (AvgIpc) is 2.76. The summed E-state index contributed by atoms with van der Waals surface area (Å²) in [5, 5.41) is 12.8. The van der Waals surface area contributed by atoms with Crippen LogP contribution in [0.1, 0.15) is 6.42 Å². The van der Waals surface area contributed by atoms with Gasteiger partial charge in [-0.2, -0.15) is 10.4 Å². The van der Waals surface area contributed by atoms with Crippen LogP contribution in [-0.2, 0) is 6.54 Å². The zero-order valence-corrected chi connectivity index (χ0v) is 8.30. The van der Waals surface area contributed by atoms with Crippen molar-refractivity contribution in [3.8, 4) is 17.3 Å². The van der Waals surface area contributed by atoms with Crippen molar-refractivity contribution in [1.82, 2.24) is 9.78 Å². The topological polar surface area (TPSA) is 41.6 Å². The minimum Gasteiger partial charge on any atom is -0.271 e. The highest BCUT2D eigenvalue weighted by Crippen LogP contribution is 2.15. The first-order valence-electron chi connectivity index (χ1n) is 4.86. The van der Waals surface area contributed by atoms with Crippen LogP contribution >= 0.6 is 0 Å². The molecule has 0 N–H and O–H groups in total. The van der Waals surface area contributed by atoms with Crippen LogP contribution in [0.5, 0.6) is 0 Å². The van der Waals surface area contributed by atoms with Gasteiger partial charge in [-0.1, -0.05) is 30.3 Å². The molecule has 3 heteroatoms. The van der Waals surface area contributed by atoms with Crippen molar-refractivity contribution in [1.29, 1.82) is 5.26 Å². The zero-order valence-electron chi connectivity index (χ0n) is 8.30. The third kappa shape index (κ3) is 2.23. The second-order valence-corrected chi connectivity index (χ2v) is 3.24. The van der Waals surface area contributed by atoms with Crippen molar-refractivity contribution < 1.29 is 0 Å². The van der Waals surface area contributed by atoms with Gasteiger partial charge < -0.3 is 0 Å². The van der Waals surface area contributed by atoms with E-state index in [1.807, 2.05) is 42.6 Å². The highest BCUT2D eigenvalue weighted by atomic mass is 15.3. The molecule has 15 heavy (non-hydrogen) atoms. The molecule has 1 aromatic heterocycles. The lowest BCUT2D eigenvalue weighted by molar-refractivity contribution is 0.629. The van der Waals surface area contributed by atoms with E-state index in [1.54, 1.807) is 4.68 Å². The molecule has 0 aliphatic rings. The van der Waals surface area contributed by atoms with Gasteiger partial charge in [0.25, 0.3) is 0 Å². The predicted octanol–water partition coefficient (Wildman–Crippen LogP) is 2.46. The minimum absolute atomic E-state index is 0.496. The van der Waals surface area contributed by atoms with Gasteiger partial charge in [-0.05, 0) is 6.07 Å². The Morgan fingerprint density at radius 3 is 2.73 bits per heavy atom. The summed E-state index contributed by atoms with van der Waals surface area (Å²) in [5.74, 6) is 0. The van der Waals surface area contributed by atoms with Crippen molar-refractivity contribution in [2.45, 2.75) is 13.0 Å². The highest BCUT2D eigenvalue weighted by Gasteiger charge is 2.00. The fourth-order valence-corrected chi connectivity index (χ4v) is 1.41. The van der Waals surface area contributed by atoms with Crippen molar-refractivity contribution in [2.24, 2.45) is 0 Å². The van der Waals surface area contributed by atoms with E-state index >= 15 is 0 Å². The van der Waals surface area contributed by atoms with E-state index in [0.717, 1.165) is 11.3 Å². The smallest absolute Gasteiger partial charge is 0.0923 e. The van der Waals surface area contributed by atoms with E-state index in [4.69, 9.17) is 5.26 Å². The SMILES string of the molecule is N#CCCn1ccc(-c2ccccc2)n1. The van der Waals surface area contributed by atoms with Crippen molar-refractivity contribution in [2.75, 3.05) is 0 Å². The van der Waals surface area contributed by atoms with Gasteiger partial charge in [-0.25, -0.2) is 0 Å². The quantitative estimate of drug-likeness (QED) is 0.758. The van der Waals surface area contributed by atoms with Crippen molar-refractivity contribution in [3.05, 3.63) is 42.6 Å². The first-order chi connectivity index (χ1) is 7.40. The maximum atomic E-state index is 8.46. The van der Waals surface area contributed by atoms with E-state index in [-0.39, 0.29) is 0 Å². The van der Waals surface area contributed by atoms with E-state index in [1.165, 1.54) is 0 Å². The average molecular weight is 197 g/mol. The summed E-state index contributed by atoms with van der Waals surface area (Å²) in [5.41, 5.74) is 2.06. The number of rotatable bonds is 3. The largest absolute Gasteiger partial charge is 0.271 e. The van der Waals surface area contributed by atoms with Crippen LogP contribution in [0, 0.1) is 11.3 Å². The lowest BCUT2D eigenvalue weighted by Gasteiger charge is -1.96. The van der Waals surface area contributed by atoms with Gasteiger partial charge in [0.15, 0.2) is 0 Å². The Hall–Kier alpha value is -2.08. The normalized spacial score (nSPS) is 9.80. The van der Waals surface area contributed by atoms with Crippen LogP contribution in [0.25, 0.3) is 11.3 Å². The molecule has 1 aromatic carbocycles. The highest BCUT2D eigenvalue weighted by molar-refractivity contribution is 5.57. The molecule has 0 fully saturated rings. The molecule has 2 aromatic rings. The van der Waals surface area contributed by atoms with E-state index in [0.29, 0.717) is 13.0 Å². The molecule has 74 valence electrons. The van der Waals surface area contributed by atoms with Crippen molar-refractivity contribution >= 4 is 0 Å². The molecule has 0 spiro atoms. The predicted molar refractivity (Wildman–Crippen MR) is 57.9 cm³/mol. The molecule has 0 amide bonds. The second-order valence-electron chi connectivity index (χ2n) is 3.24. The first kappa shape index (κ1) is 9.47. The van der Waals surface area contributed by atoms with Crippen LogP contribution in [0.15, 0.2) is 42.6 Å². The van der Waals surface area contributed by atoms with Crippen LogP contribution in [-0.4, -0.2) is 9.78 Å². The lowest BCUT2D eigenvalue weighted by Crippen LogP contribution is -1.97. The maximum Gasteiger partial charge on any atom is 0.0923 e. The third-order valence-corrected chi connectivity index (χ3v) is 2.16. The number of aryl methyl sites for hydroxylation is 1. The molecule has 3 nitrogen and oxygen atoms in total. The molecule has 0 bridgehead atoms. The first-order valence-corrected chi connectivity index (χ1v) is 4.86. The van der Waals surface area contributed by atoms with E-state index in [2.05, 4.69) is 11.2 Å². The molecular weight excluding hydrogens is 186 g/mol. The van der Waals surface area contributed by atoms with E-state index < -0.39 is 0 Å². The summed E-state index contributed by atoms with van der Waals surface area (Å²) in [4.78, 5) is 0. The zero-order chi connectivity index (χ0) is 10.5. The van der Waals surface area contributed by atoms with Gasteiger partial charge in [0.2, 0.25) is 0 Å². The number of benzene rings is 1.